The Morgan fingerprint density at radius 3 is 2.47 bits per heavy atom. The molecule has 7 heteroatoms. The molecular weight excluding hydrogens is 428 g/mol. The highest BCUT2D eigenvalue weighted by molar-refractivity contribution is 6.31. The second-order valence-electron chi connectivity index (χ2n) is 9.01. The molecule has 172 valence electrons. The molecule has 0 spiro atoms. The van der Waals surface area contributed by atoms with E-state index in [-0.39, 0.29) is 24.8 Å². The van der Waals surface area contributed by atoms with Gasteiger partial charge in [-0.3, -0.25) is 9.59 Å². The summed E-state index contributed by atoms with van der Waals surface area (Å²) < 4.78 is 11.2. The fraction of sp³-hybridized carbons (Fsp3) is 0.440. The highest BCUT2D eigenvalue weighted by atomic mass is 35.5. The Hall–Kier alpha value is -2.73. The van der Waals surface area contributed by atoms with Crippen molar-refractivity contribution < 1.29 is 19.1 Å². The van der Waals surface area contributed by atoms with Gasteiger partial charge in [0, 0.05) is 23.5 Å². The summed E-state index contributed by atoms with van der Waals surface area (Å²) in [6.45, 7) is 8.81. The van der Waals surface area contributed by atoms with Gasteiger partial charge in [0.15, 0.2) is 11.5 Å². The van der Waals surface area contributed by atoms with Gasteiger partial charge in [0.2, 0.25) is 11.8 Å². The summed E-state index contributed by atoms with van der Waals surface area (Å²) >= 11 is 6.34. The van der Waals surface area contributed by atoms with Crippen LogP contribution in [0.15, 0.2) is 42.5 Å². The van der Waals surface area contributed by atoms with Crippen LogP contribution in [-0.4, -0.2) is 41.5 Å². The molecule has 1 atom stereocenters. The molecule has 32 heavy (non-hydrogen) atoms. The first kappa shape index (κ1) is 23.9. The Morgan fingerprint density at radius 2 is 1.78 bits per heavy atom. The van der Waals surface area contributed by atoms with Crippen LogP contribution in [0.1, 0.15) is 45.2 Å². The predicted molar refractivity (Wildman–Crippen MR) is 125 cm³/mol. The van der Waals surface area contributed by atoms with Crippen molar-refractivity contribution in [1.82, 2.24) is 10.2 Å². The van der Waals surface area contributed by atoms with Crippen LogP contribution in [0.25, 0.3) is 0 Å². The number of benzene rings is 2. The highest BCUT2D eigenvalue weighted by Crippen LogP contribution is 2.31. The summed E-state index contributed by atoms with van der Waals surface area (Å²) in [5.41, 5.74) is 1.39. The molecule has 3 rings (SSSR count). The van der Waals surface area contributed by atoms with Crippen LogP contribution in [0.3, 0.4) is 0 Å². The molecule has 0 aromatic heterocycles. The normalized spacial score (nSPS) is 13.9. The molecule has 0 radical (unpaired) electrons. The maximum absolute atomic E-state index is 13.3. The lowest BCUT2D eigenvalue weighted by Crippen LogP contribution is -2.52. The predicted octanol–water partition coefficient (Wildman–Crippen LogP) is 4.38. The van der Waals surface area contributed by atoms with E-state index in [4.69, 9.17) is 21.1 Å². The smallest absolute Gasteiger partial charge is 0.242 e. The van der Waals surface area contributed by atoms with Crippen molar-refractivity contribution in [2.75, 3.05) is 13.2 Å². The topological polar surface area (TPSA) is 67.9 Å². The molecule has 0 fully saturated rings. The Labute approximate surface area is 194 Å². The molecule has 1 N–H and O–H groups in total. The van der Waals surface area contributed by atoms with Crippen molar-refractivity contribution in [2.45, 2.75) is 58.7 Å². The van der Waals surface area contributed by atoms with Crippen LogP contribution in [0.5, 0.6) is 11.5 Å². The van der Waals surface area contributed by atoms with Crippen molar-refractivity contribution in [1.29, 1.82) is 0 Å². The van der Waals surface area contributed by atoms with E-state index in [1.54, 1.807) is 17.9 Å². The fourth-order valence-electron chi connectivity index (χ4n) is 3.50. The molecule has 2 amide bonds. The van der Waals surface area contributed by atoms with Gasteiger partial charge in [0.05, 0.1) is 0 Å². The van der Waals surface area contributed by atoms with E-state index in [1.807, 2.05) is 57.2 Å². The Kier molecular flexibility index (Phi) is 7.67. The maximum atomic E-state index is 13.3. The molecule has 1 heterocycles. The number of carbonyl (C=O) groups excluding carboxylic acids is 2. The zero-order valence-electron chi connectivity index (χ0n) is 19.1. The van der Waals surface area contributed by atoms with Crippen molar-refractivity contribution in [3.63, 3.8) is 0 Å². The highest BCUT2D eigenvalue weighted by Gasteiger charge is 2.28. The largest absolute Gasteiger partial charge is 0.486 e. The number of halogens is 1. The maximum Gasteiger partial charge on any atom is 0.242 e. The van der Waals surface area contributed by atoms with Gasteiger partial charge in [-0.2, -0.15) is 0 Å². The van der Waals surface area contributed by atoms with E-state index < -0.39 is 11.6 Å². The van der Waals surface area contributed by atoms with Crippen molar-refractivity contribution in [3.8, 4) is 11.5 Å². The van der Waals surface area contributed by atoms with Crippen molar-refractivity contribution >= 4 is 23.4 Å². The Balaban J connectivity index is 1.74. The number of rotatable bonds is 7. The minimum absolute atomic E-state index is 0.114. The zero-order valence-corrected chi connectivity index (χ0v) is 19.9. The number of hydrogen-bond donors (Lipinski definition) is 1. The van der Waals surface area contributed by atoms with Gasteiger partial charge in [0.25, 0.3) is 0 Å². The SMILES string of the molecule is C[C@H](C(=O)NC(C)(C)C)N(Cc1ccccc1Cl)C(=O)CCc1ccc2c(c1)OCCO2. The number of fused-ring (bicyclic) bond motifs is 1. The standard InChI is InChI=1S/C25H31ClN2O4/c1-17(24(30)27-25(2,3)4)28(16-19-7-5-6-8-20(19)26)23(29)12-10-18-9-11-21-22(15-18)32-14-13-31-21/h5-9,11,15,17H,10,12-14,16H2,1-4H3,(H,27,30)/t17-/m1/s1. The van der Waals surface area contributed by atoms with Crippen LogP contribution in [-0.2, 0) is 22.6 Å². The second-order valence-corrected chi connectivity index (χ2v) is 9.41. The van der Waals surface area contributed by atoms with Gasteiger partial charge < -0.3 is 19.7 Å². The van der Waals surface area contributed by atoms with E-state index in [1.165, 1.54) is 0 Å². The first-order valence-corrected chi connectivity index (χ1v) is 11.3. The van der Waals surface area contributed by atoms with E-state index in [0.29, 0.717) is 30.4 Å². The lowest BCUT2D eigenvalue weighted by atomic mass is 10.1. The summed E-state index contributed by atoms with van der Waals surface area (Å²) in [6, 6.07) is 12.5. The summed E-state index contributed by atoms with van der Waals surface area (Å²) in [7, 11) is 0. The van der Waals surface area contributed by atoms with Crippen LogP contribution in [0.2, 0.25) is 5.02 Å². The van der Waals surface area contributed by atoms with E-state index in [0.717, 1.165) is 16.9 Å². The molecule has 1 aliphatic rings. The Bertz CT molecular complexity index is 971. The molecular formula is C25H31ClN2O4. The van der Waals surface area contributed by atoms with Crippen LogP contribution in [0, 0.1) is 0 Å². The van der Waals surface area contributed by atoms with Crippen molar-refractivity contribution in [2.24, 2.45) is 0 Å². The molecule has 0 saturated carbocycles. The van der Waals surface area contributed by atoms with E-state index in [2.05, 4.69) is 5.32 Å². The monoisotopic (exact) mass is 458 g/mol. The number of nitrogens with one attached hydrogen (secondary N) is 1. The number of nitrogens with zero attached hydrogens (tertiary/aromatic N) is 1. The van der Waals surface area contributed by atoms with Gasteiger partial charge in [-0.1, -0.05) is 35.9 Å². The Morgan fingerprint density at radius 1 is 1.09 bits per heavy atom. The lowest BCUT2D eigenvalue weighted by molar-refractivity contribution is -0.141. The molecule has 2 aromatic rings. The third-order valence-corrected chi connectivity index (χ3v) is 5.57. The van der Waals surface area contributed by atoms with Gasteiger partial charge >= 0.3 is 0 Å². The minimum Gasteiger partial charge on any atom is -0.486 e. The number of carbonyl (C=O) groups is 2. The lowest BCUT2D eigenvalue weighted by Gasteiger charge is -2.31. The zero-order chi connectivity index (χ0) is 23.3. The van der Waals surface area contributed by atoms with Gasteiger partial charge in [-0.05, 0) is 63.4 Å². The molecule has 0 aliphatic carbocycles. The molecule has 0 saturated heterocycles. The van der Waals surface area contributed by atoms with Gasteiger partial charge in [-0.25, -0.2) is 0 Å². The summed E-state index contributed by atoms with van der Waals surface area (Å²) in [4.78, 5) is 27.7. The van der Waals surface area contributed by atoms with Gasteiger partial charge in [-0.15, -0.1) is 0 Å². The average molecular weight is 459 g/mol. The minimum atomic E-state index is -0.640. The molecule has 1 aliphatic heterocycles. The van der Waals surface area contributed by atoms with Crippen LogP contribution >= 0.6 is 11.6 Å². The number of ether oxygens (including phenoxy) is 2. The molecule has 0 bridgehead atoms. The van der Waals surface area contributed by atoms with Crippen LogP contribution in [0.4, 0.5) is 0 Å². The first-order valence-electron chi connectivity index (χ1n) is 10.9. The third kappa shape index (κ3) is 6.39. The second kappa shape index (κ2) is 10.3. The fourth-order valence-corrected chi connectivity index (χ4v) is 3.70. The molecule has 0 unspecified atom stereocenters. The van der Waals surface area contributed by atoms with E-state index >= 15 is 0 Å². The average Bonchev–Trinajstić information content (AvgIpc) is 2.75. The summed E-state index contributed by atoms with van der Waals surface area (Å²) in [5.74, 6) is 1.11. The number of hydrogen-bond acceptors (Lipinski definition) is 4. The summed E-state index contributed by atoms with van der Waals surface area (Å²) in [5, 5.41) is 3.54. The third-order valence-electron chi connectivity index (χ3n) is 5.20. The van der Waals surface area contributed by atoms with Crippen LogP contribution < -0.4 is 14.8 Å². The van der Waals surface area contributed by atoms with E-state index in [9.17, 15) is 9.59 Å². The number of aryl methyl sites for hydroxylation is 1. The van der Waals surface area contributed by atoms with Crippen molar-refractivity contribution in [3.05, 3.63) is 58.6 Å². The first-order chi connectivity index (χ1) is 15.1. The molecule has 2 aromatic carbocycles. The summed E-state index contributed by atoms with van der Waals surface area (Å²) in [6.07, 6.45) is 0.791. The molecule has 6 nitrogen and oxygen atoms in total. The quantitative estimate of drug-likeness (QED) is 0.668. The number of amides is 2. The van der Waals surface area contributed by atoms with Gasteiger partial charge in [0.1, 0.15) is 19.3 Å².